The molecule has 1 aromatic heterocycles. The zero-order valence-electron chi connectivity index (χ0n) is 11.3. The summed E-state index contributed by atoms with van der Waals surface area (Å²) < 4.78 is 0. The van der Waals surface area contributed by atoms with E-state index in [0.717, 1.165) is 37.0 Å². The zero-order chi connectivity index (χ0) is 12.8. The van der Waals surface area contributed by atoms with Gasteiger partial charge in [-0.2, -0.15) is 11.8 Å². The first-order valence-corrected chi connectivity index (χ1v) is 7.82. The third kappa shape index (κ3) is 4.14. The first-order chi connectivity index (χ1) is 8.78. The fourth-order valence-corrected chi connectivity index (χ4v) is 3.05. The monoisotopic (exact) mass is 266 g/mol. The van der Waals surface area contributed by atoms with Crippen LogP contribution in [0.5, 0.6) is 0 Å². The van der Waals surface area contributed by atoms with E-state index in [-0.39, 0.29) is 0 Å². The highest BCUT2D eigenvalue weighted by molar-refractivity contribution is 7.99. The third-order valence-corrected chi connectivity index (χ3v) is 3.99. The zero-order valence-corrected chi connectivity index (χ0v) is 12.1. The summed E-state index contributed by atoms with van der Waals surface area (Å²) in [6.07, 6.45) is 1.27. The molecule has 1 aliphatic rings. The van der Waals surface area contributed by atoms with E-state index in [4.69, 9.17) is 0 Å². The Morgan fingerprint density at radius 3 is 3.06 bits per heavy atom. The Hall–Kier alpha value is -0.810. The summed E-state index contributed by atoms with van der Waals surface area (Å²) in [6, 6.07) is 2.01. The van der Waals surface area contributed by atoms with E-state index in [2.05, 4.69) is 27.1 Å². The minimum absolute atomic E-state index is 0.876. The second kappa shape index (κ2) is 6.95. The number of thioether (sulfide) groups is 1. The maximum absolute atomic E-state index is 4.58. The number of anilines is 1. The average molecular weight is 266 g/mol. The highest BCUT2D eigenvalue weighted by atomic mass is 32.2. The molecule has 0 radical (unpaired) electrons. The van der Waals surface area contributed by atoms with Crippen molar-refractivity contribution in [2.24, 2.45) is 0 Å². The number of rotatable bonds is 4. The normalized spacial score (nSPS) is 17.4. The van der Waals surface area contributed by atoms with Gasteiger partial charge >= 0.3 is 0 Å². The Bertz CT molecular complexity index is 375. The SMILES string of the molecule is CCNc1cc(C)nc(CN2CCCSCC2)n1. The van der Waals surface area contributed by atoms with Gasteiger partial charge < -0.3 is 5.32 Å². The lowest BCUT2D eigenvalue weighted by Crippen LogP contribution is -2.26. The van der Waals surface area contributed by atoms with Crippen molar-refractivity contribution in [3.05, 3.63) is 17.6 Å². The molecule has 2 heterocycles. The van der Waals surface area contributed by atoms with E-state index in [9.17, 15) is 0 Å². The van der Waals surface area contributed by atoms with Crippen LogP contribution in [0.25, 0.3) is 0 Å². The van der Waals surface area contributed by atoms with Gasteiger partial charge in [0.25, 0.3) is 0 Å². The van der Waals surface area contributed by atoms with Gasteiger partial charge in [0.2, 0.25) is 0 Å². The van der Waals surface area contributed by atoms with Crippen molar-refractivity contribution in [3.8, 4) is 0 Å². The van der Waals surface area contributed by atoms with Gasteiger partial charge in [0.1, 0.15) is 11.6 Å². The number of nitrogens with zero attached hydrogens (tertiary/aromatic N) is 3. The van der Waals surface area contributed by atoms with E-state index in [1.54, 1.807) is 0 Å². The molecule has 5 heteroatoms. The minimum Gasteiger partial charge on any atom is -0.370 e. The van der Waals surface area contributed by atoms with Crippen molar-refractivity contribution in [1.29, 1.82) is 0 Å². The minimum atomic E-state index is 0.876. The van der Waals surface area contributed by atoms with Crippen molar-refractivity contribution in [3.63, 3.8) is 0 Å². The molecule has 1 fully saturated rings. The molecule has 1 N–H and O–H groups in total. The summed E-state index contributed by atoms with van der Waals surface area (Å²) in [4.78, 5) is 11.6. The first kappa shape index (κ1) is 13.6. The molecule has 0 aliphatic carbocycles. The van der Waals surface area contributed by atoms with Crippen molar-refractivity contribution in [2.45, 2.75) is 26.8 Å². The van der Waals surface area contributed by atoms with Crippen LogP contribution in [0.2, 0.25) is 0 Å². The quantitative estimate of drug-likeness (QED) is 0.904. The molecule has 18 heavy (non-hydrogen) atoms. The summed E-state index contributed by atoms with van der Waals surface area (Å²) >= 11 is 2.05. The van der Waals surface area contributed by atoms with Crippen LogP contribution in [0.4, 0.5) is 5.82 Å². The van der Waals surface area contributed by atoms with Gasteiger partial charge in [-0.15, -0.1) is 0 Å². The van der Waals surface area contributed by atoms with E-state index in [1.165, 1.54) is 24.5 Å². The van der Waals surface area contributed by atoms with Gasteiger partial charge in [-0.25, -0.2) is 9.97 Å². The van der Waals surface area contributed by atoms with E-state index in [1.807, 2.05) is 24.8 Å². The largest absolute Gasteiger partial charge is 0.370 e. The fraction of sp³-hybridized carbons (Fsp3) is 0.692. The number of hydrogen-bond donors (Lipinski definition) is 1. The van der Waals surface area contributed by atoms with Crippen molar-refractivity contribution >= 4 is 17.6 Å². The van der Waals surface area contributed by atoms with Gasteiger partial charge in [0, 0.05) is 30.6 Å². The van der Waals surface area contributed by atoms with Crippen LogP contribution in [-0.2, 0) is 6.54 Å². The molecule has 4 nitrogen and oxygen atoms in total. The number of nitrogens with one attached hydrogen (secondary N) is 1. The maximum atomic E-state index is 4.58. The number of aryl methyl sites for hydroxylation is 1. The van der Waals surface area contributed by atoms with Gasteiger partial charge in [-0.05, 0) is 32.6 Å². The fourth-order valence-electron chi connectivity index (χ4n) is 2.13. The summed E-state index contributed by atoms with van der Waals surface area (Å²) in [5.41, 5.74) is 1.04. The molecule has 1 aliphatic heterocycles. The summed E-state index contributed by atoms with van der Waals surface area (Å²) in [5, 5.41) is 3.26. The van der Waals surface area contributed by atoms with Gasteiger partial charge in [-0.1, -0.05) is 0 Å². The maximum Gasteiger partial charge on any atom is 0.144 e. The predicted octanol–water partition coefficient (Wildman–Crippen LogP) is 2.16. The Labute approximate surface area is 114 Å². The molecule has 0 saturated carbocycles. The van der Waals surface area contributed by atoms with Gasteiger partial charge in [0.05, 0.1) is 6.54 Å². The van der Waals surface area contributed by atoms with Gasteiger partial charge in [-0.3, -0.25) is 4.90 Å². The molecule has 1 saturated heterocycles. The molecule has 2 rings (SSSR count). The molecule has 1 aromatic rings. The van der Waals surface area contributed by atoms with Crippen LogP contribution in [-0.4, -0.2) is 46.0 Å². The summed E-state index contributed by atoms with van der Waals surface area (Å²) in [6.45, 7) is 8.21. The first-order valence-electron chi connectivity index (χ1n) is 6.66. The highest BCUT2D eigenvalue weighted by Gasteiger charge is 2.11. The van der Waals surface area contributed by atoms with Crippen LogP contribution >= 0.6 is 11.8 Å². The number of hydrogen-bond acceptors (Lipinski definition) is 5. The second-order valence-electron chi connectivity index (χ2n) is 4.58. The molecule has 100 valence electrons. The molecule has 0 bridgehead atoms. The van der Waals surface area contributed by atoms with Gasteiger partial charge in [0.15, 0.2) is 0 Å². The van der Waals surface area contributed by atoms with Crippen molar-refractivity contribution in [1.82, 2.24) is 14.9 Å². The molecule has 0 unspecified atom stereocenters. The molecular formula is C13H22N4S. The Morgan fingerprint density at radius 2 is 2.22 bits per heavy atom. The van der Waals surface area contributed by atoms with Crippen LogP contribution in [0.1, 0.15) is 24.9 Å². The van der Waals surface area contributed by atoms with Crippen molar-refractivity contribution in [2.75, 3.05) is 36.5 Å². The summed E-state index contributed by atoms with van der Waals surface area (Å²) in [7, 11) is 0. The molecular weight excluding hydrogens is 244 g/mol. The Morgan fingerprint density at radius 1 is 1.33 bits per heavy atom. The molecule has 0 amide bonds. The standard InChI is InChI=1S/C13H22N4S/c1-3-14-12-9-11(2)15-13(16-12)10-17-5-4-7-18-8-6-17/h9H,3-8,10H2,1-2H3,(H,14,15,16). The Kier molecular flexibility index (Phi) is 5.26. The smallest absolute Gasteiger partial charge is 0.144 e. The molecule has 0 spiro atoms. The van der Waals surface area contributed by atoms with E-state index >= 15 is 0 Å². The lowest BCUT2D eigenvalue weighted by molar-refractivity contribution is 0.280. The lowest BCUT2D eigenvalue weighted by Gasteiger charge is -2.18. The molecule has 0 atom stereocenters. The van der Waals surface area contributed by atoms with E-state index in [0.29, 0.717) is 0 Å². The lowest BCUT2D eigenvalue weighted by atomic mass is 10.3. The third-order valence-electron chi connectivity index (χ3n) is 2.94. The second-order valence-corrected chi connectivity index (χ2v) is 5.81. The average Bonchev–Trinajstić information content (AvgIpc) is 2.57. The number of aromatic nitrogens is 2. The van der Waals surface area contributed by atoms with Crippen molar-refractivity contribution < 1.29 is 0 Å². The van der Waals surface area contributed by atoms with Crippen LogP contribution in [0.3, 0.4) is 0 Å². The van der Waals surface area contributed by atoms with Crippen LogP contribution in [0, 0.1) is 6.92 Å². The van der Waals surface area contributed by atoms with E-state index < -0.39 is 0 Å². The predicted molar refractivity (Wildman–Crippen MR) is 78.2 cm³/mol. The highest BCUT2D eigenvalue weighted by Crippen LogP contribution is 2.13. The molecule has 0 aromatic carbocycles. The Balaban J connectivity index is 2.02. The topological polar surface area (TPSA) is 41.1 Å². The summed E-state index contributed by atoms with van der Waals surface area (Å²) in [5.74, 6) is 4.40. The van der Waals surface area contributed by atoms with Crippen LogP contribution in [0.15, 0.2) is 6.07 Å². The van der Waals surface area contributed by atoms with Crippen LogP contribution < -0.4 is 5.32 Å².